The van der Waals surface area contributed by atoms with Crippen molar-refractivity contribution in [3.05, 3.63) is 59.4 Å². The Kier molecular flexibility index (Phi) is 5.15. The van der Waals surface area contributed by atoms with Crippen LogP contribution < -0.4 is 15.4 Å². The summed E-state index contributed by atoms with van der Waals surface area (Å²) in [5, 5.41) is 5.36. The Morgan fingerprint density at radius 3 is 2.76 bits per heavy atom. The van der Waals surface area contributed by atoms with Crippen LogP contribution in [0.4, 0.5) is 4.79 Å². The lowest BCUT2D eigenvalue weighted by atomic mass is 10.1. The van der Waals surface area contributed by atoms with Crippen LogP contribution in [0.2, 0.25) is 0 Å². The second-order valence-corrected chi connectivity index (χ2v) is 4.74. The summed E-state index contributed by atoms with van der Waals surface area (Å²) in [4.78, 5) is 15.7. The van der Waals surface area contributed by atoms with E-state index in [1.54, 1.807) is 6.20 Å². The Morgan fingerprint density at radius 2 is 2.05 bits per heavy atom. The highest BCUT2D eigenvalue weighted by Gasteiger charge is 2.02. The van der Waals surface area contributed by atoms with Gasteiger partial charge in [-0.05, 0) is 37.6 Å². The predicted octanol–water partition coefficient (Wildman–Crippen LogP) is 2.53. The van der Waals surface area contributed by atoms with Crippen molar-refractivity contribution in [2.45, 2.75) is 20.4 Å². The Morgan fingerprint density at radius 1 is 1.19 bits per heavy atom. The van der Waals surface area contributed by atoms with Gasteiger partial charge in [0.05, 0.1) is 12.2 Å². The second kappa shape index (κ2) is 7.28. The first kappa shape index (κ1) is 14.8. The van der Waals surface area contributed by atoms with Crippen LogP contribution in [-0.4, -0.2) is 17.7 Å². The summed E-state index contributed by atoms with van der Waals surface area (Å²) < 4.78 is 5.53. The monoisotopic (exact) mass is 285 g/mol. The fourth-order valence-corrected chi connectivity index (χ4v) is 1.88. The molecule has 2 aromatic rings. The second-order valence-electron chi connectivity index (χ2n) is 4.74. The first-order valence-electron chi connectivity index (χ1n) is 6.77. The van der Waals surface area contributed by atoms with E-state index >= 15 is 0 Å². The molecule has 2 amide bonds. The fourth-order valence-electron chi connectivity index (χ4n) is 1.88. The lowest BCUT2D eigenvalue weighted by Gasteiger charge is -2.11. The number of benzene rings is 1. The molecule has 0 aliphatic heterocycles. The highest BCUT2D eigenvalue weighted by atomic mass is 16.5. The molecule has 0 fully saturated rings. The number of nitrogens with one attached hydrogen (secondary N) is 2. The van der Waals surface area contributed by atoms with Crippen LogP contribution in [0.15, 0.2) is 42.6 Å². The van der Waals surface area contributed by atoms with E-state index in [0.717, 1.165) is 17.0 Å². The Labute approximate surface area is 124 Å². The number of pyridine rings is 1. The summed E-state index contributed by atoms with van der Waals surface area (Å²) in [6, 6.07) is 11.2. The molecule has 0 saturated carbocycles. The third-order valence-electron chi connectivity index (χ3n) is 2.95. The van der Waals surface area contributed by atoms with Crippen molar-refractivity contribution >= 4 is 6.03 Å². The molecule has 0 spiro atoms. The topological polar surface area (TPSA) is 63.2 Å². The average molecular weight is 285 g/mol. The van der Waals surface area contributed by atoms with E-state index in [4.69, 9.17) is 4.74 Å². The molecule has 1 aromatic carbocycles. The number of aromatic nitrogens is 1. The molecule has 0 saturated heterocycles. The van der Waals surface area contributed by atoms with Gasteiger partial charge in [-0.3, -0.25) is 4.98 Å². The van der Waals surface area contributed by atoms with Crippen molar-refractivity contribution in [3.8, 4) is 5.75 Å². The van der Waals surface area contributed by atoms with Crippen molar-refractivity contribution in [1.82, 2.24) is 15.6 Å². The zero-order valence-electron chi connectivity index (χ0n) is 12.2. The van der Waals surface area contributed by atoms with E-state index in [-0.39, 0.29) is 12.8 Å². The lowest BCUT2D eigenvalue weighted by molar-refractivity contribution is 0.223. The largest absolute Gasteiger partial charge is 0.473 e. The molecule has 2 rings (SSSR count). The molecule has 0 aliphatic rings. The minimum absolute atomic E-state index is 0.123. The number of aryl methyl sites for hydroxylation is 2. The normalized spacial score (nSPS) is 10.0. The van der Waals surface area contributed by atoms with Crippen molar-refractivity contribution in [2.24, 2.45) is 0 Å². The Hall–Kier alpha value is -2.56. The number of carbonyl (C=O) groups excluding carboxylic acids is 1. The van der Waals surface area contributed by atoms with Crippen LogP contribution in [0.5, 0.6) is 5.75 Å². The molecule has 1 aromatic heterocycles. The molecule has 0 bridgehead atoms. The maximum atomic E-state index is 11.6. The van der Waals surface area contributed by atoms with E-state index in [2.05, 4.69) is 15.6 Å². The summed E-state index contributed by atoms with van der Waals surface area (Å²) in [6.45, 7) is 4.51. The highest BCUT2D eigenvalue weighted by molar-refractivity contribution is 5.73. The van der Waals surface area contributed by atoms with Gasteiger partial charge in [0.25, 0.3) is 0 Å². The van der Waals surface area contributed by atoms with Gasteiger partial charge in [0.1, 0.15) is 5.75 Å². The Bertz CT molecular complexity index is 600. The first-order valence-corrected chi connectivity index (χ1v) is 6.77. The number of hydrogen-bond acceptors (Lipinski definition) is 3. The highest BCUT2D eigenvalue weighted by Crippen LogP contribution is 2.18. The fraction of sp³-hybridized carbons (Fsp3) is 0.250. The minimum atomic E-state index is -0.287. The minimum Gasteiger partial charge on any atom is -0.473 e. The molecule has 0 aliphatic carbocycles. The van der Waals surface area contributed by atoms with E-state index in [1.807, 2.05) is 50.2 Å². The van der Waals surface area contributed by atoms with Crippen LogP contribution in [0.3, 0.4) is 0 Å². The summed E-state index contributed by atoms with van der Waals surface area (Å²) in [5.41, 5.74) is 3.04. The molecular weight excluding hydrogens is 266 g/mol. The van der Waals surface area contributed by atoms with Crippen molar-refractivity contribution < 1.29 is 9.53 Å². The van der Waals surface area contributed by atoms with E-state index < -0.39 is 0 Å². The van der Waals surface area contributed by atoms with Crippen molar-refractivity contribution in [1.29, 1.82) is 0 Å². The van der Waals surface area contributed by atoms with E-state index in [0.29, 0.717) is 6.54 Å². The maximum absolute atomic E-state index is 11.6. The van der Waals surface area contributed by atoms with Crippen LogP contribution in [0.25, 0.3) is 0 Å². The van der Waals surface area contributed by atoms with Gasteiger partial charge in [0.15, 0.2) is 6.73 Å². The molecule has 21 heavy (non-hydrogen) atoms. The smallest absolute Gasteiger partial charge is 0.317 e. The van der Waals surface area contributed by atoms with Gasteiger partial charge in [-0.25, -0.2) is 4.79 Å². The zero-order valence-corrected chi connectivity index (χ0v) is 12.2. The summed E-state index contributed by atoms with van der Waals surface area (Å²) in [6.07, 6.45) is 1.69. The number of hydrogen-bond donors (Lipinski definition) is 2. The van der Waals surface area contributed by atoms with E-state index in [1.165, 1.54) is 5.56 Å². The molecule has 2 N–H and O–H groups in total. The van der Waals surface area contributed by atoms with Gasteiger partial charge < -0.3 is 15.4 Å². The lowest BCUT2D eigenvalue weighted by Crippen LogP contribution is -2.37. The molecule has 1 heterocycles. The van der Waals surface area contributed by atoms with E-state index in [9.17, 15) is 4.79 Å². The molecule has 5 nitrogen and oxygen atoms in total. The first-order chi connectivity index (χ1) is 10.1. The molecule has 0 unspecified atom stereocenters. The molecule has 0 radical (unpaired) electrons. The number of urea groups is 1. The molecule has 0 atom stereocenters. The molecular formula is C16H19N3O2. The third kappa shape index (κ3) is 4.80. The summed E-state index contributed by atoms with van der Waals surface area (Å²) >= 11 is 0. The Balaban J connectivity index is 1.72. The zero-order chi connectivity index (χ0) is 15.1. The summed E-state index contributed by atoms with van der Waals surface area (Å²) in [7, 11) is 0. The number of rotatable bonds is 5. The van der Waals surface area contributed by atoms with Gasteiger partial charge in [0.2, 0.25) is 0 Å². The van der Waals surface area contributed by atoms with Gasteiger partial charge in [0, 0.05) is 6.20 Å². The van der Waals surface area contributed by atoms with Gasteiger partial charge in [-0.1, -0.05) is 23.8 Å². The summed E-state index contributed by atoms with van der Waals surface area (Å²) in [5.74, 6) is 0.769. The number of amides is 2. The van der Waals surface area contributed by atoms with Crippen LogP contribution in [-0.2, 0) is 6.54 Å². The predicted molar refractivity (Wildman–Crippen MR) is 81.0 cm³/mol. The van der Waals surface area contributed by atoms with Gasteiger partial charge in [-0.15, -0.1) is 0 Å². The molecule has 110 valence electrons. The third-order valence-corrected chi connectivity index (χ3v) is 2.95. The SMILES string of the molecule is Cc1ccc(OCNC(=O)NCc2ccccn2)c(C)c1. The number of ether oxygens (including phenoxy) is 1. The maximum Gasteiger partial charge on any atom is 0.317 e. The van der Waals surface area contributed by atoms with Crippen LogP contribution in [0.1, 0.15) is 16.8 Å². The number of nitrogens with zero attached hydrogens (tertiary/aromatic N) is 1. The van der Waals surface area contributed by atoms with Crippen molar-refractivity contribution in [3.63, 3.8) is 0 Å². The van der Waals surface area contributed by atoms with Gasteiger partial charge in [-0.2, -0.15) is 0 Å². The van der Waals surface area contributed by atoms with Crippen LogP contribution >= 0.6 is 0 Å². The quantitative estimate of drug-likeness (QED) is 0.830. The van der Waals surface area contributed by atoms with Crippen LogP contribution in [0, 0.1) is 13.8 Å². The average Bonchev–Trinajstić information content (AvgIpc) is 2.48. The van der Waals surface area contributed by atoms with Crippen molar-refractivity contribution in [2.75, 3.05) is 6.73 Å². The molecule has 5 heteroatoms. The number of carbonyl (C=O) groups is 1. The standard InChI is InChI=1S/C16H19N3O2/c1-12-6-7-15(13(2)9-12)21-11-19-16(20)18-10-14-5-3-4-8-17-14/h3-9H,10-11H2,1-2H3,(H2,18,19,20). The van der Waals surface area contributed by atoms with Gasteiger partial charge >= 0.3 is 6.03 Å².